The van der Waals surface area contributed by atoms with E-state index in [9.17, 15) is 9.59 Å². The summed E-state index contributed by atoms with van der Waals surface area (Å²) in [7, 11) is 0. The number of para-hydroxylation sites is 2. The highest BCUT2D eigenvalue weighted by molar-refractivity contribution is 5.82. The van der Waals surface area contributed by atoms with Crippen LogP contribution >= 0.6 is 0 Å². The van der Waals surface area contributed by atoms with E-state index in [4.69, 9.17) is 0 Å². The molecule has 1 aliphatic heterocycles. The molecule has 0 bridgehead atoms. The van der Waals surface area contributed by atoms with Gasteiger partial charge in [-0.2, -0.15) is 0 Å². The largest absolute Gasteiger partial charge is 0.342 e. The third kappa shape index (κ3) is 2.52. The molecule has 1 saturated heterocycles. The van der Waals surface area contributed by atoms with Crippen LogP contribution in [0.25, 0.3) is 11.0 Å². The van der Waals surface area contributed by atoms with Crippen molar-refractivity contribution >= 4 is 16.9 Å². The topological polar surface area (TPSA) is 58.1 Å². The Balaban J connectivity index is 1.26. The van der Waals surface area contributed by atoms with Crippen LogP contribution in [0.5, 0.6) is 0 Å². The van der Waals surface area contributed by atoms with E-state index < -0.39 is 0 Å². The number of H-pyrrole nitrogens is 1. The average molecular weight is 339 g/mol. The minimum Gasteiger partial charge on any atom is -0.342 e. The maximum Gasteiger partial charge on any atom is 0.326 e. The second-order valence-electron chi connectivity index (χ2n) is 8.07. The van der Waals surface area contributed by atoms with Crippen molar-refractivity contribution in [2.75, 3.05) is 13.1 Å². The second-order valence-corrected chi connectivity index (χ2v) is 8.07. The Morgan fingerprint density at radius 1 is 1.08 bits per heavy atom. The standard InChI is InChI=1S/C20H25N3O2/c24-19(16-12-15(16)13-4-3-5-13)22-10-8-14(9-11-22)23-18-7-2-1-6-17(18)21-20(23)25/h1-2,6-7,13-16H,3-5,8-12H2,(H,21,25)/t15-,16+/m0/s1. The van der Waals surface area contributed by atoms with Crippen LogP contribution in [0, 0.1) is 17.8 Å². The molecule has 2 atom stereocenters. The molecule has 5 nitrogen and oxygen atoms in total. The molecule has 132 valence electrons. The van der Waals surface area contributed by atoms with E-state index >= 15 is 0 Å². The molecule has 0 unspecified atom stereocenters. The van der Waals surface area contributed by atoms with Gasteiger partial charge in [-0.1, -0.05) is 31.4 Å². The van der Waals surface area contributed by atoms with Gasteiger partial charge in [0.05, 0.1) is 11.0 Å². The first kappa shape index (κ1) is 15.2. The Kier molecular flexibility index (Phi) is 3.50. The number of hydrogen-bond acceptors (Lipinski definition) is 2. The number of aromatic nitrogens is 2. The van der Waals surface area contributed by atoms with E-state index in [0.29, 0.717) is 17.7 Å². The normalized spacial score (nSPS) is 27.4. The molecular weight excluding hydrogens is 314 g/mol. The minimum atomic E-state index is -0.0294. The number of carbonyl (C=O) groups is 1. The molecule has 0 spiro atoms. The van der Waals surface area contributed by atoms with E-state index in [0.717, 1.165) is 49.3 Å². The van der Waals surface area contributed by atoms with Crippen LogP contribution in [0.4, 0.5) is 0 Å². The first-order valence-corrected chi connectivity index (χ1v) is 9.70. The summed E-state index contributed by atoms with van der Waals surface area (Å²) >= 11 is 0. The summed E-state index contributed by atoms with van der Waals surface area (Å²) in [6.45, 7) is 1.56. The monoisotopic (exact) mass is 339 g/mol. The number of nitrogens with zero attached hydrogens (tertiary/aromatic N) is 2. The molecule has 1 aromatic heterocycles. The number of carbonyl (C=O) groups excluding carboxylic acids is 1. The molecule has 2 heterocycles. The predicted molar refractivity (Wildman–Crippen MR) is 96.3 cm³/mol. The number of aromatic amines is 1. The van der Waals surface area contributed by atoms with Crippen LogP contribution in [0.2, 0.25) is 0 Å². The Labute approximate surface area is 147 Å². The maximum atomic E-state index is 12.7. The highest BCUT2D eigenvalue weighted by atomic mass is 16.2. The highest BCUT2D eigenvalue weighted by Crippen LogP contribution is 2.52. The maximum absolute atomic E-state index is 12.7. The van der Waals surface area contributed by atoms with Gasteiger partial charge in [0.2, 0.25) is 5.91 Å². The van der Waals surface area contributed by atoms with Gasteiger partial charge >= 0.3 is 5.69 Å². The minimum absolute atomic E-state index is 0.0294. The number of fused-ring (bicyclic) bond motifs is 1. The Bertz CT molecular complexity index is 855. The van der Waals surface area contributed by atoms with Gasteiger partial charge in [0.1, 0.15) is 0 Å². The zero-order valence-electron chi connectivity index (χ0n) is 14.5. The molecule has 3 fully saturated rings. The smallest absolute Gasteiger partial charge is 0.326 e. The van der Waals surface area contributed by atoms with Crippen LogP contribution in [-0.4, -0.2) is 33.4 Å². The molecule has 1 amide bonds. The van der Waals surface area contributed by atoms with Crippen LogP contribution < -0.4 is 5.69 Å². The molecule has 25 heavy (non-hydrogen) atoms. The van der Waals surface area contributed by atoms with Gasteiger partial charge in [-0.05, 0) is 43.2 Å². The number of piperidine rings is 1. The summed E-state index contributed by atoms with van der Waals surface area (Å²) in [5.74, 6) is 2.19. The fourth-order valence-electron chi connectivity index (χ4n) is 4.90. The third-order valence-electron chi connectivity index (χ3n) is 6.68. The number of hydrogen-bond donors (Lipinski definition) is 1. The van der Waals surface area contributed by atoms with Gasteiger partial charge in [0.15, 0.2) is 0 Å². The van der Waals surface area contributed by atoms with E-state index in [1.807, 2.05) is 28.8 Å². The summed E-state index contributed by atoms with van der Waals surface area (Å²) in [5.41, 5.74) is 1.84. The van der Waals surface area contributed by atoms with Crippen molar-refractivity contribution in [3.63, 3.8) is 0 Å². The average Bonchev–Trinajstić information content (AvgIpc) is 3.27. The van der Waals surface area contributed by atoms with Crippen LogP contribution in [0.1, 0.15) is 44.6 Å². The third-order valence-corrected chi connectivity index (χ3v) is 6.68. The van der Waals surface area contributed by atoms with Gasteiger partial charge in [-0.25, -0.2) is 4.79 Å². The lowest BCUT2D eigenvalue weighted by Gasteiger charge is -2.33. The molecular formula is C20H25N3O2. The molecule has 1 N–H and O–H groups in total. The van der Waals surface area contributed by atoms with Gasteiger partial charge < -0.3 is 9.88 Å². The van der Waals surface area contributed by atoms with Gasteiger partial charge in [-0.15, -0.1) is 0 Å². The molecule has 3 aliphatic rings. The van der Waals surface area contributed by atoms with Gasteiger partial charge in [-0.3, -0.25) is 9.36 Å². The Hall–Kier alpha value is -2.04. The van der Waals surface area contributed by atoms with Gasteiger partial charge in [0.25, 0.3) is 0 Å². The zero-order chi connectivity index (χ0) is 17.0. The summed E-state index contributed by atoms with van der Waals surface area (Å²) in [5, 5.41) is 0. The summed E-state index contributed by atoms with van der Waals surface area (Å²) in [4.78, 5) is 30.1. The first-order valence-electron chi connectivity index (χ1n) is 9.70. The summed E-state index contributed by atoms with van der Waals surface area (Å²) in [6.07, 6.45) is 6.88. The molecule has 0 radical (unpaired) electrons. The van der Waals surface area contributed by atoms with Gasteiger partial charge in [0, 0.05) is 25.0 Å². The Morgan fingerprint density at radius 2 is 1.84 bits per heavy atom. The first-order chi connectivity index (χ1) is 12.2. The number of amides is 1. The molecule has 5 rings (SSSR count). The van der Waals surface area contributed by atoms with Crippen molar-refractivity contribution in [1.82, 2.24) is 14.5 Å². The van der Waals surface area contributed by atoms with E-state index in [1.54, 1.807) is 0 Å². The fourth-order valence-corrected chi connectivity index (χ4v) is 4.90. The van der Waals surface area contributed by atoms with Crippen molar-refractivity contribution in [3.8, 4) is 0 Å². The number of imidazole rings is 1. The lowest BCUT2D eigenvalue weighted by molar-refractivity contribution is -0.134. The highest BCUT2D eigenvalue weighted by Gasteiger charge is 2.50. The van der Waals surface area contributed by atoms with Crippen LogP contribution in [0.3, 0.4) is 0 Å². The molecule has 2 aromatic rings. The number of likely N-dealkylation sites (tertiary alicyclic amines) is 1. The van der Waals surface area contributed by atoms with E-state index in [1.165, 1.54) is 19.3 Å². The van der Waals surface area contributed by atoms with Crippen molar-refractivity contribution < 1.29 is 4.79 Å². The number of rotatable bonds is 3. The van der Waals surface area contributed by atoms with E-state index in [-0.39, 0.29) is 11.7 Å². The lowest BCUT2D eigenvalue weighted by Crippen LogP contribution is -2.41. The number of benzene rings is 1. The van der Waals surface area contributed by atoms with Crippen LogP contribution in [0.15, 0.2) is 29.1 Å². The van der Waals surface area contributed by atoms with Crippen molar-refractivity contribution in [3.05, 3.63) is 34.7 Å². The zero-order valence-corrected chi connectivity index (χ0v) is 14.5. The molecule has 1 aromatic carbocycles. The quantitative estimate of drug-likeness (QED) is 0.935. The molecule has 5 heteroatoms. The van der Waals surface area contributed by atoms with E-state index in [2.05, 4.69) is 9.88 Å². The lowest BCUT2D eigenvalue weighted by atomic mass is 9.81. The van der Waals surface area contributed by atoms with Crippen molar-refractivity contribution in [2.24, 2.45) is 17.8 Å². The van der Waals surface area contributed by atoms with Crippen molar-refractivity contribution in [2.45, 2.75) is 44.6 Å². The number of nitrogens with one attached hydrogen (secondary N) is 1. The Morgan fingerprint density at radius 3 is 2.56 bits per heavy atom. The summed E-state index contributed by atoms with van der Waals surface area (Å²) < 4.78 is 1.89. The predicted octanol–water partition coefficient (Wildman–Crippen LogP) is 2.93. The second kappa shape index (κ2) is 5.75. The summed E-state index contributed by atoms with van der Waals surface area (Å²) in [6, 6.07) is 8.04. The fraction of sp³-hybridized carbons (Fsp3) is 0.600. The SMILES string of the molecule is O=C([C@@H]1C[C@H]1C1CCC1)N1CCC(n2c(=O)[nH]c3ccccc32)CC1. The van der Waals surface area contributed by atoms with Crippen LogP contribution in [-0.2, 0) is 4.79 Å². The molecule has 2 aliphatic carbocycles. The van der Waals surface area contributed by atoms with Crippen molar-refractivity contribution in [1.29, 1.82) is 0 Å². The molecule has 2 saturated carbocycles.